The van der Waals surface area contributed by atoms with Crippen molar-refractivity contribution in [2.24, 2.45) is 11.8 Å². The van der Waals surface area contributed by atoms with Gasteiger partial charge in [0.15, 0.2) is 0 Å². The molecule has 2 aliphatic carbocycles. The van der Waals surface area contributed by atoms with Crippen molar-refractivity contribution < 1.29 is 0 Å². The highest BCUT2D eigenvalue weighted by molar-refractivity contribution is 5.34. The Bertz CT molecular complexity index is 1300. The molecule has 2 saturated heterocycles. The Balaban J connectivity index is 0.00000221. The van der Waals surface area contributed by atoms with Gasteiger partial charge in [0, 0.05) is 25.6 Å². The van der Waals surface area contributed by atoms with E-state index in [1.807, 2.05) is 13.8 Å². The Morgan fingerprint density at radius 3 is 2.23 bits per heavy atom. The maximum atomic E-state index is 2.77. The number of benzene rings is 2. The van der Waals surface area contributed by atoms with Crippen LogP contribution in [0, 0.1) is 11.8 Å². The Labute approximate surface area is 294 Å². The number of piperidine rings is 1. The monoisotopic (exact) mass is 645 g/mol. The van der Waals surface area contributed by atoms with Crippen molar-refractivity contribution >= 4 is 0 Å². The summed E-state index contributed by atoms with van der Waals surface area (Å²) in [5.74, 6) is 2.10. The van der Waals surface area contributed by atoms with E-state index in [1.165, 1.54) is 114 Å². The van der Waals surface area contributed by atoms with Gasteiger partial charge in [-0.25, -0.2) is 0 Å². The molecule has 2 nitrogen and oxygen atoms in total. The van der Waals surface area contributed by atoms with E-state index in [9.17, 15) is 0 Å². The lowest BCUT2D eigenvalue weighted by Gasteiger charge is -2.35. The van der Waals surface area contributed by atoms with E-state index < -0.39 is 0 Å². The topological polar surface area (TPSA) is 6.48 Å². The summed E-state index contributed by atoms with van der Waals surface area (Å²) in [6.07, 6.45) is 34.0. The van der Waals surface area contributed by atoms with Crippen LogP contribution in [0.5, 0.6) is 0 Å². The molecule has 1 unspecified atom stereocenters. The fourth-order valence-corrected chi connectivity index (χ4v) is 8.33. The molecule has 2 aliphatic heterocycles. The van der Waals surface area contributed by atoms with Gasteiger partial charge >= 0.3 is 0 Å². The number of allylic oxidation sites excluding steroid dienone is 8. The first-order valence-corrected chi connectivity index (χ1v) is 19.7. The van der Waals surface area contributed by atoms with E-state index in [0.717, 1.165) is 31.3 Å². The van der Waals surface area contributed by atoms with Gasteiger partial charge in [-0.1, -0.05) is 129 Å². The van der Waals surface area contributed by atoms with Crippen molar-refractivity contribution in [1.82, 2.24) is 9.80 Å². The maximum Gasteiger partial charge on any atom is 0.0230 e. The molecule has 0 aromatic heterocycles. The minimum Gasteiger partial charge on any atom is -0.302 e. The van der Waals surface area contributed by atoms with Crippen LogP contribution in [0.1, 0.15) is 114 Å². The molecule has 2 aromatic rings. The SMILES string of the molecule is C1=CCC(CCCC2CCCCN(CC3=CCCCC=C3)C2)=CC(CC2CCN(CC(c3ccccc3)c3ccccc3)CC2)=C1.CC. The van der Waals surface area contributed by atoms with Crippen molar-refractivity contribution in [3.63, 3.8) is 0 Å². The predicted octanol–water partition coefficient (Wildman–Crippen LogP) is 11.7. The van der Waals surface area contributed by atoms with Crippen molar-refractivity contribution in [1.29, 1.82) is 0 Å². The summed E-state index contributed by atoms with van der Waals surface area (Å²) in [4.78, 5) is 5.49. The summed E-state index contributed by atoms with van der Waals surface area (Å²) in [6, 6.07) is 22.2. The largest absolute Gasteiger partial charge is 0.302 e. The van der Waals surface area contributed by atoms with Crippen LogP contribution >= 0.6 is 0 Å². The quantitative estimate of drug-likeness (QED) is 0.227. The van der Waals surface area contributed by atoms with E-state index >= 15 is 0 Å². The second-order valence-corrected chi connectivity index (χ2v) is 14.6. The van der Waals surface area contributed by atoms with E-state index in [4.69, 9.17) is 0 Å². The van der Waals surface area contributed by atoms with Crippen LogP contribution in [0.25, 0.3) is 0 Å². The lowest BCUT2D eigenvalue weighted by atomic mass is 9.87. The molecule has 0 saturated carbocycles. The van der Waals surface area contributed by atoms with Gasteiger partial charge in [0.2, 0.25) is 0 Å². The van der Waals surface area contributed by atoms with Gasteiger partial charge in [-0.3, -0.25) is 4.90 Å². The Morgan fingerprint density at radius 1 is 0.729 bits per heavy atom. The second-order valence-electron chi connectivity index (χ2n) is 14.6. The van der Waals surface area contributed by atoms with Gasteiger partial charge < -0.3 is 4.90 Å². The van der Waals surface area contributed by atoms with E-state index in [0.29, 0.717) is 5.92 Å². The molecule has 2 fully saturated rings. The maximum absolute atomic E-state index is 2.77. The van der Waals surface area contributed by atoms with Gasteiger partial charge in [-0.2, -0.15) is 0 Å². The van der Waals surface area contributed by atoms with Crippen LogP contribution in [0.15, 0.2) is 120 Å². The summed E-state index contributed by atoms with van der Waals surface area (Å²) in [7, 11) is 0. The van der Waals surface area contributed by atoms with Crippen molar-refractivity contribution in [3.05, 3.63) is 131 Å². The van der Waals surface area contributed by atoms with Crippen LogP contribution in [-0.4, -0.2) is 49.1 Å². The Morgan fingerprint density at radius 2 is 1.48 bits per heavy atom. The zero-order valence-corrected chi connectivity index (χ0v) is 30.4. The van der Waals surface area contributed by atoms with Gasteiger partial charge in [0.1, 0.15) is 0 Å². The first-order chi connectivity index (χ1) is 23.8. The molecule has 0 bridgehead atoms. The highest BCUT2D eigenvalue weighted by Gasteiger charge is 2.24. The molecular formula is C46H64N2. The molecular weight excluding hydrogens is 581 g/mol. The third kappa shape index (κ3) is 11.9. The molecule has 48 heavy (non-hydrogen) atoms. The molecule has 6 rings (SSSR count). The zero-order chi connectivity index (χ0) is 33.2. The van der Waals surface area contributed by atoms with Gasteiger partial charge in [0.05, 0.1) is 0 Å². The first-order valence-electron chi connectivity index (χ1n) is 19.7. The number of rotatable bonds is 12. The number of hydrogen-bond donors (Lipinski definition) is 0. The van der Waals surface area contributed by atoms with E-state index in [1.54, 1.807) is 16.7 Å². The normalized spacial score (nSPS) is 21.3. The average Bonchev–Trinajstić information content (AvgIpc) is 3.63. The summed E-state index contributed by atoms with van der Waals surface area (Å²) < 4.78 is 0. The molecule has 2 heterocycles. The molecule has 258 valence electrons. The second kappa shape index (κ2) is 20.5. The molecule has 0 N–H and O–H groups in total. The molecule has 0 spiro atoms. The van der Waals surface area contributed by atoms with Gasteiger partial charge in [-0.05, 0) is 131 Å². The lowest BCUT2D eigenvalue weighted by molar-refractivity contribution is 0.180. The minimum absolute atomic E-state index is 0.441. The highest BCUT2D eigenvalue weighted by atomic mass is 15.1. The number of likely N-dealkylation sites (tertiary alicyclic amines) is 2. The summed E-state index contributed by atoms with van der Waals surface area (Å²) in [6.45, 7) is 11.3. The van der Waals surface area contributed by atoms with E-state index in [-0.39, 0.29) is 0 Å². The highest BCUT2D eigenvalue weighted by Crippen LogP contribution is 2.32. The first kappa shape index (κ1) is 36.3. The van der Waals surface area contributed by atoms with Crippen LogP contribution in [0.2, 0.25) is 0 Å². The third-order valence-electron chi connectivity index (χ3n) is 11.0. The summed E-state index contributed by atoms with van der Waals surface area (Å²) >= 11 is 0. The molecule has 2 aromatic carbocycles. The Kier molecular flexibility index (Phi) is 15.6. The minimum atomic E-state index is 0.441. The standard InChI is InChI=1S/C44H58N2.C2H6/c1-2-6-18-39(17-5-1)34-46-29-14-13-19-40(35-46)22-15-21-37-16-11-12-20-41(32-37)33-38-27-30-45(31-28-38)36-44(42-23-7-3-8-24-42)43-25-9-4-10-26-43;1-2/h3-5,7-12,17-18,20,23-26,32,38,40,44H,1-2,6,13-16,19,21-22,27-31,33-36H2;1-2H3. The van der Waals surface area contributed by atoms with Crippen LogP contribution in [-0.2, 0) is 0 Å². The van der Waals surface area contributed by atoms with E-state index in [2.05, 4.69) is 113 Å². The predicted molar refractivity (Wildman–Crippen MR) is 208 cm³/mol. The van der Waals surface area contributed by atoms with Crippen LogP contribution in [0.3, 0.4) is 0 Å². The van der Waals surface area contributed by atoms with Crippen molar-refractivity contribution in [3.8, 4) is 0 Å². The lowest BCUT2D eigenvalue weighted by Crippen LogP contribution is -2.37. The molecule has 4 aliphatic rings. The van der Waals surface area contributed by atoms with Crippen LogP contribution in [0.4, 0.5) is 0 Å². The molecule has 1 atom stereocenters. The number of hydrogen-bond acceptors (Lipinski definition) is 2. The Hall–Kier alpha value is -2.94. The van der Waals surface area contributed by atoms with Crippen molar-refractivity contribution in [2.75, 3.05) is 39.3 Å². The molecule has 0 radical (unpaired) electrons. The summed E-state index contributed by atoms with van der Waals surface area (Å²) in [5, 5.41) is 0. The molecule has 0 amide bonds. The summed E-state index contributed by atoms with van der Waals surface area (Å²) in [5.41, 5.74) is 7.65. The fraction of sp³-hybridized carbons (Fsp3) is 0.522. The van der Waals surface area contributed by atoms with Crippen molar-refractivity contribution in [2.45, 2.75) is 103 Å². The zero-order valence-electron chi connectivity index (χ0n) is 30.4. The molecule has 2 heteroatoms. The van der Waals surface area contributed by atoms with Gasteiger partial charge in [-0.15, -0.1) is 0 Å². The number of nitrogens with zero attached hydrogens (tertiary/aromatic N) is 2. The average molecular weight is 645 g/mol. The van der Waals surface area contributed by atoms with Crippen LogP contribution < -0.4 is 0 Å². The fourth-order valence-electron chi connectivity index (χ4n) is 8.33. The third-order valence-corrected chi connectivity index (χ3v) is 11.0. The van der Waals surface area contributed by atoms with Gasteiger partial charge in [0.25, 0.3) is 0 Å². The smallest absolute Gasteiger partial charge is 0.0230 e.